The van der Waals surface area contributed by atoms with Gasteiger partial charge in [0.25, 0.3) is 0 Å². The number of aryl methyl sites for hydroxylation is 1. The number of aromatic nitrogens is 1. The van der Waals surface area contributed by atoms with Gasteiger partial charge in [-0.3, -0.25) is 0 Å². The number of aromatic amines is 1. The third-order valence-electron chi connectivity index (χ3n) is 7.25. The monoisotopic (exact) mass is 468 g/mol. The number of nitrogens with one attached hydrogen (secondary N) is 4. The van der Waals surface area contributed by atoms with Crippen molar-refractivity contribution in [3.05, 3.63) is 53.2 Å². The highest BCUT2D eigenvalue weighted by molar-refractivity contribution is 5.96. The van der Waals surface area contributed by atoms with Crippen LogP contribution in [0.4, 0.5) is 19.3 Å². The van der Waals surface area contributed by atoms with E-state index < -0.39 is 35.4 Å². The van der Waals surface area contributed by atoms with Crippen LogP contribution in [0.25, 0.3) is 22.0 Å². The number of para-hydroxylation sites is 1. The number of halogens is 2. The van der Waals surface area contributed by atoms with Gasteiger partial charge in [0.1, 0.15) is 17.7 Å². The lowest BCUT2D eigenvalue weighted by Gasteiger charge is -2.44. The molecule has 2 atom stereocenters. The highest BCUT2D eigenvalue weighted by Crippen LogP contribution is 2.44. The Morgan fingerprint density at radius 2 is 1.91 bits per heavy atom. The van der Waals surface area contributed by atoms with E-state index in [2.05, 4.69) is 20.9 Å². The third-order valence-corrected chi connectivity index (χ3v) is 7.25. The fraction of sp³-hybridized carbons (Fsp3) is 0.423. The second-order valence-corrected chi connectivity index (χ2v) is 10.1. The summed E-state index contributed by atoms with van der Waals surface area (Å²) in [5.41, 5.74) is 1.14. The molecule has 0 saturated heterocycles. The van der Waals surface area contributed by atoms with Crippen molar-refractivity contribution in [2.75, 3.05) is 5.32 Å². The molecule has 3 aromatic rings. The molecule has 34 heavy (non-hydrogen) atoms. The molecule has 5 rings (SSSR count). The number of benzene rings is 2. The van der Waals surface area contributed by atoms with E-state index in [0.717, 1.165) is 36.6 Å². The van der Waals surface area contributed by atoms with Crippen LogP contribution in [0.1, 0.15) is 56.7 Å². The molecule has 0 spiro atoms. The molecule has 1 saturated carbocycles. The number of hydrogen-bond acceptors (Lipinski definition) is 3. The van der Waals surface area contributed by atoms with Crippen molar-refractivity contribution in [3.63, 3.8) is 0 Å². The van der Waals surface area contributed by atoms with Crippen molar-refractivity contribution in [3.8, 4) is 11.1 Å². The first-order chi connectivity index (χ1) is 16.2. The summed E-state index contributed by atoms with van der Waals surface area (Å²) in [7, 11) is 0. The van der Waals surface area contributed by atoms with Crippen LogP contribution in [-0.2, 0) is 0 Å². The van der Waals surface area contributed by atoms with Crippen molar-refractivity contribution in [1.82, 2.24) is 15.6 Å². The number of aliphatic hydroxyl groups is 1. The van der Waals surface area contributed by atoms with E-state index in [-0.39, 0.29) is 22.9 Å². The largest absolute Gasteiger partial charge is 0.388 e. The molecule has 0 radical (unpaired) electrons. The Morgan fingerprint density at radius 1 is 1.18 bits per heavy atom. The molecule has 2 aromatic carbocycles. The number of anilines is 1. The summed E-state index contributed by atoms with van der Waals surface area (Å²) in [6, 6.07) is 5.11. The molecule has 2 aliphatic rings. The fourth-order valence-electron chi connectivity index (χ4n) is 5.38. The molecule has 8 heteroatoms. The second-order valence-electron chi connectivity index (χ2n) is 10.1. The maximum absolute atomic E-state index is 16.2. The van der Waals surface area contributed by atoms with Gasteiger partial charge in [-0.2, -0.15) is 0 Å². The first kappa shape index (κ1) is 22.7. The maximum Gasteiger partial charge on any atom is 0.315 e. The molecule has 1 unspecified atom stereocenters. The summed E-state index contributed by atoms with van der Waals surface area (Å²) in [6.07, 6.45) is 4.55. The van der Waals surface area contributed by atoms with E-state index in [1.54, 1.807) is 32.2 Å². The first-order valence-electron chi connectivity index (χ1n) is 11.8. The van der Waals surface area contributed by atoms with Gasteiger partial charge in [0, 0.05) is 34.4 Å². The lowest BCUT2D eigenvalue weighted by atomic mass is 9.81. The molecule has 0 bridgehead atoms. The summed E-state index contributed by atoms with van der Waals surface area (Å²) in [4.78, 5) is 15.9. The van der Waals surface area contributed by atoms with Crippen molar-refractivity contribution in [1.29, 1.82) is 0 Å². The molecule has 1 aliphatic carbocycles. The Labute approximate surface area is 197 Å². The van der Waals surface area contributed by atoms with Gasteiger partial charge < -0.3 is 26.0 Å². The molecule has 180 valence electrons. The zero-order valence-electron chi connectivity index (χ0n) is 19.6. The van der Waals surface area contributed by atoms with Gasteiger partial charge in [-0.25, -0.2) is 13.6 Å². The van der Waals surface area contributed by atoms with Gasteiger partial charge in [0.2, 0.25) is 0 Å². The smallest absolute Gasteiger partial charge is 0.315 e. The minimum Gasteiger partial charge on any atom is -0.388 e. The number of rotatable bonds is 3. The molecule has 5 N–H and O–H groups in total. The summed E-state index contributed by atoms with van der Waals surface area (Å²) in [6.45, 7) is 5.39. The van der Waals surface area contributed by atoms with Crippen LogP contribution in [0.5, 0.6) is 0 Å². The standard InChI is InChI=1S/C26H30F2N4O2/c1-13-12-29-22-15(13)9-6-10-16(22)19-17(27)11-18-20(21(19)28)23(24(33)26(2,3)32-18)31-25(34)30-14-7-4-5-8-14/h6,9-12,14,23-24,29,32-33H,4-5,7-8H2,1-3H3,(H2,30,31,34)/t23-,24?/m0/s1. The van der Waals surface area contributed by atoms with E-state index in [1.807, 2.05) is 13.0 Å². The second kappa shape index (κ2) is 8.27. The predicted molar refractivity (Wildman–Crippen MR) is 129 cm³/mol. The average molecular weight is 469 g/mol. The van der Waals surface area contributed by atoms with E-state index in [1.165, 1.54) is 6.07 Å². The lowest BCUT2D eigenvalue weighted by Crippen LogP contribution is -2.56. The molecule has 2 heterocycles. The van der Waals surface area contributed by atoms with Crippen molar-refractivity contribution in [2.45, 2.75) is 70.2 Å². The van der Waals surface area contributed by atoms with E-state index in [0.29, 0.717) is 11.1 Å². The highest BCUT2D eigenvalue weighted by Gasteiger charge is 2.44. The highest BCUT2D eigenvalue weighted by atomic mass is 19.1. The van der Waals surface area contributed by atoms with E-state index in [4.69, 9.17) is 0 Å². The topological polar surface area (TPSA) is 89.2 Å². The van der Waals surface area contributed by atoms with Crippen LogP contribution in [-0.4, -0.2) is 33.8 Å². The van der Waals surface area contributed by atoms with Crippen LogP contribution in [0.15, 0.2) is 30.5 Å². The Morgan fingerprint density at radius 3 is 2.65 bits per heavy atom. The third kappa shape index (κ3) is 3.70. The zero-order chi connectivity index (χ0) is 24.2. The number of urea groups is 1. The van der Waals surface area contributed by atoms with Crippen LogP contribution >= 0.6 is 0 Å². The summed E-state index contributed by atoms with van der Waals surface area (Å²) in [5, 5.41) is 20.7. The Balaban J connectivity index is 1.61. The molecular weight excluding hydrogens is 438 g/mol. The molecule has 6 nitrogen and oxygen atoms in total. The minimum absolute atomic E-state index is 0.0464. The van der Waals surface area contributed by atoms with Crippen LogP contribution in [0.3, 0.4) is 0 Å². The quantitative estimate of drug-likeness (QED) is 0.363. The summed E-state index contributed by atoms with van der Waals surface area (Å²) < 4.78 is 31.6. The first-order valence-corrected chi connectivity index (χ1v) is 11.8. The maximum atomic E-state index is 16.2. The van der Waals surface area contributed by atoms with Gasteiger partial charge in [-0.15, -0.1) is 0 Å². The predicted octanol–water partition coefficient (Wildman–Crippen LogP) is 5.27. The number of amides is 2. The molecule has 1 aliphatic heterocycles. The normalized spacial score (nSPS) is 21.8. The van der Waals surface area contributed by atoms with Crippen LogP contribution < -0.4 is 16.0 Å². The van der Waals surface area contributed by atoms with Crippen molar-refractivity contribution in [2.24, 2.45) is 0 Å². The number of aliphatic hydroxyl groups excluding tert-OH is 1. The Kier molecular flexibility index (Phi) is 5.51. The van der Waals surface area contributed by atoms with Crippen molar-refractivity contribution < 1.29 is 18.7 Å². The minimum atomic E-state index is -1.15. The molecule has 2 amide bonds. The SMILES string of the molecule is Cc1c[nH]c2c(-c3c(F)cc4c(c3F)[C@H](NC(=O)NC3CCCC3)C(O)C(C)(C)N4)cccc12. The van der Waals surface area contributed by atoms with Gasteiger partial charge in [-0.1, -0.05) is 31.0 Å². The van der Waals surface area contributed by atoms with Gasteiger partial charge in [0.15, 0.2) is 0 Å². The number of H-pyrrole nitrogens is 1. The number of fused-ring (bicyclic) bond motifs is 2. The fourth-order valence-corrected chi connectivity index (χ4v) is 5.38. The number of carbonyl (C=O) groups excluding carboxylic acids is 1. The average Bonchev–Trinajstić information content (AvgIpc) is 3.41. The van der Waals surface area contributed by atoms with E-state index >= 15 is 8.78 Å². The Bertz CT molecular complexity index is 1260. The van der Waals surface area contributed by atoms with Gasteiger partial charge >= 0.3 is 6.03 Å². The molecule has 1 fully saturated rings. The van der Waals surface area contributed by atoms with Crippen molar-refractivity contribution >= 4 is 22.6 Å². The number of carbonyl (C=O) groups is 1. The summed E-state index contributed by atoms with van der Waals surface area (Å²) in [5.74, 6) is -1.52. The molecular formula is C26H30F2N4O2. The van der Waals surface area contributed by atoms with Gasteiger partial charge in [-0.05, 0) is 45.2 Å². The zero-order valence-corrected chi connectivity index (χ0v) is 19.6. The van der Waals surface area contributed by atoms with Crippen LogP contribution in [0, 0.1) is 18.6 Å². The Hall–Kier alpha value is -3.13. The summed E-state index contributed by atoms with van der Waals surface area (Å²) >= 11 is 0. The lowest BCUT2D eigenvalue weighted by molar-refractivity contribution is 0.0702. The van der Waals surface area contributed by atoms with E-state index in [9.17, 15) is 9.90 Å². The van der Waals surface area contributed by atoms with Crippen LogP contribution in [0.2, 0.25) is 0 Å². The number of hydrogen-bond donors (Lipinski definition) is 5. The molecule has 1 aromatic heterocycles. The van der Waals surface area contributed by atoms with Gasteiger partial charge in [0.05, 0.1) is 22.7 Å².